The van der Waals surface area contributed by atoms with Crippen LogP contribution in [0, 0.1) is 13.8 Å². The van der Waals surface area contributed by atoms with Gasteiger partial charge >= 0.3 is 6.09 Å². The van der Waals surface area contributed by atoms with Crippen LogP contribution in [0.2, 0.25) is 0 Å². The molecule has 0 unspecified atom stereocenters. The summed E-state index contributed by atoms with van der Waals surface area (Å²) in [5, 5.41) is 0. The smallest absolute Gasteiger partial charge is 0.417 e. The van der Waals surface area contributed by atoms with Gasteiger partial charge in [-0.05, 0) is 37.0 Å². The minimum atomic E-state index is -0.595. The minimum Gasteiger partial charge on any atom is -0.439 e. The first-order chi connectivity index (χ1) is 11.0. The zero-order valence-corrected chi connectivity index (χ0v) is 13.4. The average molecular weight is 316 g/mol. The molecule has 3 rings (SSSR count). The van der Waals surface area contributed by atoms with Gasteiger partial charge in [-0.2, -0.15) is 0 Å². The van der Waals surface area contributed by atoms with Gasteiger partial charge in [-0.25, -0.2) is 9.69 Å². The van der Waals surface area contributed by atoms with E-state index in [1.807, 2.05) is 6.07 Å². The Kier molecular flexibility index (Phi) is 4.07. The van der Waals surface area contributed by atoms with Gasteiger partial charge in [0.15, 0.2) is 6.61 Å². The second kappa shape index (κ2) is 6.02. The number of carbonyl (C=O) groups excluding carboxylic acids is 3. The normalized spacial score (nSPS) is 18.2. The standard InChI is InChI=1S/C17H20N2O4/c1-11-3-4-13(7-12(11)2)5-6-15(20)18-8-14(9-18)19-16(21)10-23-17(19)22/h3-4,7,14H,5-6,8-10H2,1-2H3. The molecular weight excluding hydrogens is 296 g/mol. The van der Waals surface area contributed by atoms with E-state index in [9.17, 15) is 14.4 Å². The summed E-state index contributed by atoms with van der Waals surface area (Å²) in [6.07, 6.45) is 0.543. The Bertz CT molecular complexity index is 649. The van der Waals surface area contributed by atoms with Crippen molar-refractivity contribution in [2.45, 2.75) is 32.7 Å². The van der Waals surface area contributed by atoms with Gasteiger partial charge < -0.3 is 9.64 Å². The monoisotopic (exact) mass is 316 g/mol. The van der Waals surface area contributed by atoms with Gasteiger partial charge in [0.2, 0.25) is 5.91 Å². The molecule has 6 heteroatoms. The number of hydrogen-bond acceptors (Lipinski definition) is 4. The maximum absolute atomic E-state index is 12.2. The Morgan fingerprint density at radius 2 is 1.96 bits per heavy atom. The number of nitrogens with zero attached hydrogens (tertiary/aromatic N) is 2. The van der Waals surface area contributed by atoms with E-state index in [4.69, 9.17) is 4.74 Å². The summed E-state index contributed by atoms with van der Waals surface area (Å²) in [6, 6.07) is 6.00. The zero-order chi connectivity index (χ0) is 16.6. The van der Waals surface area contributed by atoms with Crippen LogP contribution in [-0.4, -0.2) is 53.4 Å². The molecule has 0 atom stereocenters. The third-order valence-electron chi connectivity index (χ3n) is 4.56. The Morgan fingerprint density at radius 3 is 2.57 bits per heavy atom. The lowest BCUT2D eigenvalue weighted by Gasteiger charge is -2.42. The Labute approximate surface area is 135 Å². The SMILES string of the molecule is Cc1ccc(CCC(=O)N2CC(N3C(=O)COC3=O)C2)cc1C. The van der Waals surface area contributed by atoms with E-state index in [-0.39, 0.29) is 24.5 Å². The first kappa shape index (κ1) is 15.5. The maximum atomic E-state index is 12.2. The van der Waals surface area contributed by atoms with E-state index in [1.54, 1.807) is 4.90 Å². The number of aryl methyl sites for hydroxylation is 3. The van der Waals surface area contributed by atoms with E-state index in [2.05, 4.69) is 26.0 Å². The van der Waals surface area contributed by atoms with Crippen molar-refractivity contribution in [1.29, 1.82) is 0 Å². The van der Waals surface area contributed by atoms with Crippen molar-refractivity contribution in [3.05, 3.63) is 34.9 Å². The number of cyclic esters (lactones) is 1. The molecule has 0 N–H and O–H groups in total. The predicted molar refractivity (Wildman–Crippen MR) is 82.8 cm³/mol. The van der Waals surface area contributed by atoms with Crippen molar-refractivity contribution >= 4 is 17.9 Å². The predicted octanol–water partition coefficient (Wildman–Crippen LogP) is 1.43. The number of imide groups is 1. The first-order valence-electron chi connectivity index (χ1n) is 7.78. The number of carbonyl (C=O) groups is 3. The highest BCUT2D eigenvalue weighted by molar-refractivity contribution is 5.98. The second-order valence-corrected chi connectivity index (χ2v) is 6.19. The van der Waals surface area contributed by atoms with Gasteiger partial charge in [-0.1, -0.05) is 18.2 Å². The van der Waals surface area contributed by atoms with Crippen molar-refractivity contribution in [1.82, 2.24) is 9.80 Å². The van der Waals surface area contributed by atoms with Crippen molar-refractivity contribution in [2.24, 2.45) is 0 Å². The highest BCUT2D eigenvalue weighted by atomic mass is 16.6. The third kappa shape index (κ3) is 3.06. The van der Waals surface area contributed by atoms with E-state index in [0.717, 1.165) is 10.5 Å². The van der Waals surface area contributed by atoms with E-state index < -0.39 is 6.09 Å². The van der Waals surface area contributed by atoms with Crippen LogP contribution in [0.3, 0.4) is 0 Å². The number of rotatable bonds is 4. The van der Waals surface area contributed by atoms with Gasteiger partial charge in [0, 0.05) is 19.5 Å². The van der Waals surface area contributed by atoms with Gasteiger partial charge in [-0.15, -0.1) is 0 Å². The number of ether oxygens (including phenoxy) is 1. The molecule has 2 heterocycles. The molecule has 122 valence electrons. The topological polar surface area (TPSA) is 66.9 Å². The molecule has 0 aromatic heterocycles. The molecule has 0 spiro atoms. The van der Waals surface area contributed by atoms with Crippen LogP contribution in [0.25, 0.3) is 0 Å². The molecule has 1 aromatic rings. The zero-order valence-electron chi connectivity index (χ0n) is 13.4. The fourth-order valence-corrected chi connectivity index (χ4v) is 2.91. The summed E-state index contributed by atoms with van der Waals surface area (Å²) in [6.45, 7) is 4.76. The highest BCUT2D eigenvalue weighted by Gasteiger charge is 2.44. The summed E-state index contributed by atoms with van der Waals surface area (Å²) < 4.78 is 4.69. The fraction of sp³-hybridized carbons (Fsp3) is 0.471. The quantitative estimate of drug-likeness (QED) is 0.843. The molecule has 23 heavy (non-hydrogen) atoms. The summed E-state index contributed by atoms with van der Waals surface area (Å²) in [5.41, 5.74) is 3.62. The number of hydrogen-bond donors (Lipinski definition) is 0. The van der Waals surface area contributed by atoms with Crippen LogP contribution in [-0.2, 0) is 20.7 Å². The lowest BCUT2D eigenvalue weighted by molar-refractivity contribution is -0.142. The second-order valence-electron chi connectivity index (χ2n) is 6.19. The number of amides is 3. The Balaban J connectivity index is 1.48. The van der Waals surface area contributed by atoms with Crippen molar-refractivity contribution in [2.75, 3.05) is 19.7 Å². The largest absolute Gasteiger partial charge is 0.439 e. The molecule has 2 aliphatic heterocycles. The van der Waals surface area contributed by atoms with Crippen LogP contribution < -0.4 is 0 Å². The molecule has 2 aliphatic rings. The van der Waals surface area contributed by atoms with Crippen LogP contribution in [0.1, 0.15) is 23.1 Å². The average Bonchev–Trinajstić information content (AvgIpc) is 2.79. The van der Waals surface area contributed by atoms with E-state index >= 15 is 0 Å². The molecule has 2 saturated heterocycles. The lowest BCUT2D eigenvalue weighted by Crippen LogP contribution is -2.62. The molecular formula is C17H20N2O4. The van der Waals surface area contributed by atoms with Gasteiger partial charge in [0.25, 0.3) is 5.91 Å². The summed E-state index contributed by atoms with van der Waals surface area (Å²) >= 11 is 0. The number of benzene rings is 1. The lowest BCUT2D eigenvalue weighted by atomic mass is 10.0. The Hall–Kier alpha value is -2.37. The Morgan fingerprint density at radius 1 is 1.22 bits per heavy atom. The molecule has 0 bridgehead atoms. The van der Waals surface area contributed by atoms with Gasteiger partial charge in [0.05, 0.1) is 6.04 Å². The van der Waals surface area contributed by atoms with Crippen LogP contribution in [0.15, 0.2) is 18.2 Å². The van der Waals surface area contributed by atoms with E-state index in [1.165, 1.54) is 11.1 Å². The third-order valence-corrected chi connectivity index (χ3v) is 4.56. The van der Waals surface area contributed by atoms with Crippen molar-refractivity contribution in [3.63, 3.8) is 0 Å². The molecule has 6 nitrogen and oxygen atoms in total. The van der Waals surface area contributed by atoms with Crippen molar-refractivity contribution < 1.29 is 19.1 Å². The van der Waals surface area contributed by atoms with Gasteiger partial charge in [-0.3, -0.25) is 9.59 Å². The molecule has 1 aromatic carbocycles. The number of likely N-dealkylation sites (tertiary alicyclic amines) is 1. The van der Waals surface area contributed by atoms with Crippen LogP contribution in [0.5, 0.6) is 0 Å². The summed E-state index contributed by atoms with van der Waals surface area (Å²) in [5.74, 6) is -0.262. The molecule has 0 radical (unpaired) electrons. The molecule has 2 fully saturated rings. The highest BCUT2D eigenvalue weighted by Crippen LogP contribution is 2.21. The molecule has 0 aliphatic carbocycles. The van der Waals surface area contributed by atoms with Crippen molar-refractivity contribution in [3.8, 4) is 0 Å². The maximum Gasteiger partial charge on any atom is 0.417 e. The van der Waals surface area contributed by atoms with Crippen LogP contribution >= 0.6 is 0 Å². The molecule has 0 saturated carbocycles. The summed E-state index contributed by atoms with van der Waals surface area (Å²) in [7, 11) is 0. The first-order valence-corrected chi connectivity index (χ1v) is 7.78. The van der Waals surface area contributed by atoms with Crippen LogP contribution in [0.4, 0.5) is 4.79 Å². The fourth-order valence-electron chi connectivity index (χ4n) is 2.91. The summed E-state index contributed by atoms with van der Waals surface area (Å²) in [4.78, 5) is 38.0. The molecule has 3 amide bonds. The van der Waals surface area contributed by atoms with E-state index in [0.29, 0.717) is 25.9 Å². The minimum absolute atomic E-state index is 0.0551. The van der Waals surface area contributed by atoms with Gasteiger partial charge in [0.1, 0.15) is 0 Å².